The molecule has 5 nitrogen and oxygen atoms in total. The molecule has 5 heteroatoms. The smallest absolute Gasteiger partial charge is 0.352 e. The van der Waals surface area contributed by atoms with E-state index in [2.05, 4.69) is 0 Å². The lowest BCUT2D eigenvalue weighted by molar-refractivity contribution is 0.0684. The van der Waals surface area contributed by atoms with Crippen LogP contribution in [0.25, 0.3) is 10.9 Å². The Kier molecular flexibility index (Phi) is 4.02. The van der Waals surface area contributed by atoms with Crippen molar-refractivity contribution in [1.82, 2.24) is 4.57 Å². The average Bonchev–Trinajstić information content (AvgIpc) is 2.41. The Hall–Kier alpha value is -2.30. The average molecular weight is 289 g/mol. The molecule has 112 valence electrons. The normalized spacial score (nSPS) is 11.1. The molecule has 0 aliphatic heterocycles. The minimum absolute atomic E-state index is 0.00948. The van der Waals surface area contributed by atoms with E-state index in [0.717, 1.165) is 0 Å². The van der Waals surface area contributed by atoms with Crippen LogP contribution in [0.1, 0.15) is 36.8 Å². The van der Waals surface area contributed by atoms with Crippen molar-refractivity contribution in [2.24, 2.45) is 0 Å². The summed E-state index contributed by atoms with van der Waals surface area (Å²) in [5.41, 5.74) is 0.647. The number of rotatable bonds is 4. The van der Waals surface area contributed by atoms with Crippen molar-refractivity contribution in [1.29, 1.82) is 0 Å². The fourth-order valence-corrected chi connectivity index (χ4v) is 2.51. The number of aromatic nitrogens is 1. The number of hydrogen-bond acceptors (Lipinski definition) is 3. The van der Waals surface area contributed by atoms with Crippen LogP contribution in [0.5, 0.6) is 5.75 Å². The standard InChI is InChI=1S/C16H19NO4/c1-5-17-13-7-6-11(21-9(2)3)8-12(13)15(18)10(4)14(17)16(19)20/h6-9H,5H2,1-4H3,(H,19,20). The first-order chi connectivity index (χ1) is 9.86. The van der Waals surface area contributed by atoms with Crippen molar-refractivity contribution in [2.75, 3.05) is 0 Å². The SMILES string of the molecule is CCn1c(C(=O)O)c(C)c(=O)c2cc(OC(C)C)ccc21. The molecule has 0 saturated carbocycles. The van der Waals surface area contributed by atoms with Gasteiger partial charge in [-0.3, -0.25) is 4.79 Å². The van der Waals surface area contributed by atoms with Crippen LogP contribution >= 0.6 is 0 Å². The van der Waals surface area contributed by atoms with Crippen LogP contribution in [-0.2, 0) is 6.54 Å². The van der Waals surface area contributed by atoms with E-state index in [4.69, 9.17) is 4.74 Å². The van der Waals surface area contributed by atoms with E-state index in [0.29, 0.717) is 23.2 Å². The van der Waals surface area contributed by atoms with Gasteiger partial charge in [0.2, 0.25) is 0 Å². The summed E-state index contributed by atoms with van der Waals surface area (Å²) in [6, 6.07) is 5.18. The Morgan fingerprint density at radius 1 is 1.38 bits per heavy atom. The van der Waals surface area contributed by atoms with Gasteiger partial charge in [0, 0.05) is 17.5 Å². The minimum atomic E-state index is -1.09. The highest BCUT2D eigenvalue weighted by Crippen LogP contribution is 2.22. The quantitative estimate of drug-likeness (QED) is 0.939. The van der Waals surface area contributed by atoms with Gasteiger partial charge < -0.3 is 14.4 Å². The highest BCUT2D eigenvalue weighted by atomic mass is 16.5. The van der Waals surface area contributed by atoms with E-state index in [1.807, 2.05) is 20.8 Å². The molecule has 0 bridgehead atoms. The summed E-state index contributed by atoms with van der Waals surface area (Å²) < 4.78 is 7.25. The summed E-state index contributed by atoms with van der Waals surface area (Å²) in [6.45, 7) is 7.70. The fourth-order valence-electron chi connectivity index (χ4n) is 2.51. The summed E-state index contributed by atoms with van der Waals surface area (Å²) >= 11 is 0. The molecule has 0 radical (unpaired) electrons. The Bertz CT molecular complexity index is 759. The van der Waals surface area contributed by atoms with Gasteiger partial charge in [0.15, 0.2) is 5.43 Å². The number of carboxylic acid groups (broad SMARTS) is 1. The molecular formula is C16H19NO4. The molecule has 21 heavy (non-hydrogen) atoms. The van der Waals surface area contributed by atoms with E-state index >= 15 is 0 Å². The molecule has 1 N–H and O–H groups in total. The maximum Gasteiger partial charge on any atom is 0.352 e. The number of pyridine rings is 1. The molecule has 1 aromatic carbocycles. The van der Waals surface area contributed by atoms with Gasteiger partial charge in [-0.1, -0.05) is 0 Å². The lowest BCUT2D eigenvalue weighted by Crippen LogP contribution is -2.21. The van der Waals surface area contributed by atoms with Gasteiger partial charge in [-0.05, 0) is 45.9 Å². The zero-order chi connectivity index (χ0) is 15.7. The molecule has 0 amide bonds. The zero-order valence-corrected chi connectivity index (χ0v) is 12.6. The topological polar surface area (TPSA) is 68.5 Å². The summed E-state index contributed by atoms with van der Waals surface area (Å²) in [5, 5.41) is 9.83. The van der Waals surface area contributed by atoms with Gasteiger partial charge in [-0.15, -0.1) is 0 Å². The van der Waals surface area contributed by atoms with Crippen LogP contribution in [0.3, 0.4) is 0 Å². The van der Waals surface area contributed by atoms with Gasteiger partial charge in [0.25, 0.3) is 0 Å². The van der Waals surface area contributed by atoms with E-state index in [9.17, 15) is 14.7 Å². The molecule has 0 fully saturated rings. The van der Waals surface area contributed by atoms with Crippen molar-refractivity contribution < 1.29 is 14.6 Å². The summed E-state index contributed by atoms with van der Waals surface area (Å²) in [5.74, 6) is -0.476. The van der Waals surface area contributed by atoms with Crippen molar-refractivity contribution in [3.63, 3.8) is 0 Å². The van der Waals surface area contributed by atoms with Gasteiger partial charge in [0.05, 0.1) is 11.6 Å². The van der Waals surface area contributed by atoms with Crippen molar-refractivity contribution >= 4 is 16.9 Å². The number of aromatic carboxylic acids is 1. The minimum Gasteiger partial charge on any atom is -0.491 e. The van der Waals surface area contributed by atoms with E-state index < -0.39 is 5.97 Å². The molecule has 0 aliphatic carbocycles. The second kappa shape index (κ2) is 5.60. The molecule has 0 unspecified atom stereocenters. The third-order valence-electron chi connectivity index (χ3n) is 3.36. The molecule has 0 atom stereocenters. The predicted molar refractivity (Wildman–Crippen MR) is 81.3 cm³/mol. The maximum absolute atomic E-state index is 12.4. The molecule has 2 rings (SSSR count). The summed E-state index contributed by atoms with van der Waals surface area (Å²) in [6.07, 6.45) is 0.00948. The largest absolute Gasteiger partial charge is 0.491 e. The number of aryl methyl sites for hydroxylation is 1. The Labute approximate surface area is 122 Å². The lowest BCUT2D eigenvalue weighted by atomic mass is 10.1. The Balaban J connectivity index is 2.83. The van der Waals surface area contributed by atoms with Crippen molar-refractivity contribution in [3.05, 3.63) is 39.7 Å². The monoisotopic (exact) mass is 289 g/mol. The van der Waals surface area contributed by atoms with Crippen LogP contribution in [0.4, 0.5) is 0 Å². The molecule has 0 aliphatic rings. The number of nitrogens with zero attached hydrogens (tertiary/aromatic N) is 1. The first-order valence-corrected chi connectivity index (χ1v) is 6.93. The van der Waals surface area contributed by atoms with E-state index in [1.54, 1.807) is 29.7 Å². The lowest BCUT2D eigenvalue weighted by Gasteiger charge is -2.16. The number of carboxylic acids is 1. The number of fused-ring (bicyclic) bond motifs is 1. The highest BCUT2D eigenvalue weighted by Gasteiger charge is 2.18. The number of ether oxygens (including phenoxy) is 1. The van der Waals surface area contributed by atoms with Crippen LogP contribution in [0.2, 0.25) is 0 Å². The van der Waals surface area contributed by atoms with Gasteiger partial charge in [-0.2, -0.15) is 0 Å². The van der Waals surface area contributed by atoms with E-state index in [1.165, 1.54) is 0 Å². The molecule has 1 aromatic heterocycles. The first-order valence-electron chi connectivity index (χ1n) is 6.93. The van der Waals surface area contributed by atoms with Crippen molar-refractivity contribution in [3.8, 4) is 5.75 Å². The molecule has 0 saturated heterocycles. The molecule has 1 heterocycles. The van der Waals surface area contributed by atoms with Crippen LogP contribution in [-0.4, -0.2) is 21.7 Å². The Morgan fingerprint density at radius 3 is 2.57 bits per heavy atom. The van der Waals surface area contributed by atoms with E-state index in [-0.39, 0.29) is 22.8 Å². The Morgan fingerprint density at radius 2 is 2.05 bits per heavy atom. The predicted octanol–water partition coefficient (Wildman–Crippen LogP) is 2.82. The molecule has 0 spiro atoms. The second-order valence-corrected chi connectivity index (χ2v) is 5.20. The van der Waals surface area contributed by atoms with Crippen molar-refractivity contribution in [2.45, 2.75) is 40.3 Å². The molecular weight excluding hydrogens is 270 g/mol. The fraction of sp³-hybridized carbons (Fsp3) is 0.375. The van der Waals surface area contributed by atoms with Crippen LogP contribution in [0, 0.1) is 6.92 Å². The number of benzene rings is 1. The van der Waals surface area contributed by atoms with Crippen LogP contribution < -0.4 is 10.2 Å². The second-order valence-electron chi connectivity index (χ2n) is 5.20. The molecule has 2 aromatic rings. The van der Waals surface area contributed by atoms with Crippen LogP contribution in [0.15, 0.2) is 23.0 Å². The third-order valence-corrected chi connectivity index (χ3v) is 3.36. The third kappa shape index (κ3) is 2.63. The first kappa shape index (κ1) is 15.1. The van der Waals surface area contributed by atoms with Gasteiger partial charge >= 0.3 is 5.97 Å². The van der Waals surface area contributed by atoms with Gasteiger partial charge in [0.1, 0.15) is 11.4 Å². The summed E-state index contributed by atoms with van der Waals surface area (Å²) in [7, 11) is 0. The number of hydrogen-bond donors (Lipinski definition) is 1. The zero-order valence-electron chi connectivity index (χ0n) is 12.6. The maximum atomic E-state index is 12.4. The number of carbonyl (C=O) groups is 1. The van der Waals surface area contributed by atoms with Gasteiger partial charge in [-0.25, -0.2) is 4.79 Å². The highest BCUT2D eigenvalue weighted by molar-refractivity contribution is 5.92. The summed E-state index contributed by atoms with van der Waals surface area (Å²) in [4.78, 5) is 23.9.